The lowest BCUT2D eigenvalue weighted by Crippen LogP contribution is -2.35. The normalized spacial score (nSPS) is 14.9. The molecule has 0 fully saturated rings. The molecule has 33 heavy (non-hydrogen) atoms. The molecular weight excluding hydrogens is 495 g/mol. The molecule has 0 saturated heterocycles. The second-order valence-electron chi connectivity index (χ2n) is 7.61. The van der Waals surface area contributed by atoms with E-state index in [4.69, 9.17) is 36.9 Å². The van der Waals surface area contributed by atoms with E-state index in [2.05, 4.69) is 14.8 Å². The largest absolute Gasteiger partial charge is 0.521 e. The average Bonchev–Trinajstić information content (AvgIpc) is 2.70. The van der Waals surface area contributed by atoms with E-state index < -0.39 is 22.1 Å². The number of hydrogen-bond acceptors (Lipinski definition) is 8. The van der Waals surface area contributed by atoms with Crippen LogP contribution in [0.4, 0.5) is 10.5 Å². The van der Waals surface area contributed by atoms with Crippen LogP contribution in [0.3, 0.4) is 0 Å². The van der Waals surface area contributed by atoms with Crippen LogP contribution in [0.1, 0.15) is 37.8 Å². The Morgan fingerprint density at radius 2 is 1.91 bits per heavy atom. The Labute approximate surface area is 201 Å². The minimum absolute atomic E-state index is 0.0542. The Morgan fingerprint density at radius 1 is 1.15 bits per heavy atom. The molecule has 3 rings (SSSR count). The SMILES string of the molecule is Cc1cc(OCCCC=NOS(=O)(=O)Oc2ccc(Cl)c(Cl)c2)cc2c1NC(=O)OC2(C)C. The summed E-state index contributed by atoms with van der Waals surface area (Å²) in [6.07, 6.45) is 1.75. The average molecular weight is 517 g/mol. The van der Waals surface area contributed by atoms with Gasteiger partial charge in [-0.2, -0.15) is 0 Å². The molecule has 2 aromatic carbocycles. The Morgan fingerprint density at radius 3 is 2.64 bits per heavy atom. The fraction of sp³-hybridized carbons (Fsp3) is 0.333. The number of oxime groups is 1. The summed E-state index contributed by atoms with van der Waals surface area (Å²) in [4.78, 5) is 11.7. The van der Waals surface area contributed by atoms with Gasteiger partial charge in [-0.1, -0.05) is 28.4 Å². The van der Waals surface area contributed by atoms with Crippen LogP contribution in [0.15, 0.2) is 35.5 Å². The maximum absolute atomic E-state index is 11.8. The van der Waals surface area contributed by atoms with Crippen LogP contribution in [0.25, 0.3) is 0 Å². The molecule has 12 heteroatoms. The van der Waals surface area contributed by atoms with Crippen molar-refractivity contribution in [2.75, 3.05) is 11.9 Å². The van der Waals surface area contributed by atoms with Gasteiger partial charge in [0, 0.05) is 17.8 Å². The van der Waals surface area contributed by atoms with Crippen molar-refractivity contribution in [3.05, 3.63) is 51.5 Å². The summed E-state index contributed by atoms with van der Waals surface area (Å²) >= 11 is 11.6. The molecule has 9 nitrogen and oxygen atoms in total. The van der Waals surface area contributed by atoms with Gasteiger partial charge in [0.1, 0.15) is 17.1 Å². The van der Waals surface area contributed by atoms with Gasteiger partial charge in [-0.15, -0.1) is 8.42 Å². The maximum atomic E-state index is 11.8. The molecule has 0 atom stereocenters. The molecule has 0 spiro atoms. The highest BCUT2D eigenvalue weighted by Gasteiger charge is 2.34. The third-order valence-corrected chi connectivity index (χ3v) is 5.98. The quantitative estimate of drug-likeness (QED) is 0.262. The van der Waals surface area contributed by atoms with Crippen LogP contribution in [-0.2, 0) is 25.0 Å². The number of hydrogen-bond donors (Lipinski definition) is 1. The second kappa shape index (κ2) is 10.1. The van der Waals surface area contributed by atoms with Crippen molar-refractivity contribution in [3.8, 4) is 11.5 Å². The summed E-state index contributed by atoms with van der Waals surface area (Å²) < 4.78 is 43.9. The van der Waals surface area contributed by atoms with Crippen molar-refractivity contribution in [3.63, 3.8) is 0 Å². The van der Waals surface area contributed by atoms with Crippen LogP contribution in [0.2, 0.25) is 10.0 Å². The van der Waals surface area contributed by atoms with Gasteiger partial charge >= 0.3 is 16.5 Å². The number of ether oxygens (including phenoxy) is 2. The van der Waals surface area contributed by atoms with Crippen molar-refractivity contribution >= 4 is 51.6 Å². The number of anilines is 1. The fourth-order valence-electron chi connectivity index (χ4n) is 3.05. The molecule has 0 aromatic heterocycles. The van der Waals surface area contributed by atoms with Gasteiger partial charge in [0.15, 0.2) is 0 Å². The smallest absolute Gasteiger partial charge is 0.494 e. The summed E-state index contributed by atoms with van der Waals surface area (Å²) in [7, 11) is -4.40. The topological polar surface area (TPSA) is 113 Å². The number of fused-ring (bicyclic) bond motifs is 1. The number of rotatable bonds is 9. The van der Waals surface area contributed by atoms with Crippen LogP contribution in [-0.4, -0.2) is 27.3 Å². The van der Waals surface area contributed by atoms with E-state index in [0.717, 1.165) is 16.8 Å². The first-order valence-electron chi connectivity index (χ1n) is 9.85. The lowest BCUT2D eigenvalue weighted by atomic mass is 9.92. The summed E-state index contributed by atoms with van der Waals surface area (Å²) in [6, 6.07) is 7.62. The predicted octanol–water partition coefficient (Wildman–Crippen LogP) is 5.58. The van der Waals surface area contributed by atoms with Crippen LogP contribution in [0, 0.1) is 6.92 Å². The minimum Gasteiger partial charge on any atom is -0.494 e. The van der Waals surface area contributed by atoms with Crippen molar-refractivity contribution < 1.29 is 31.2 Å². The van der Waals surface area contributed by atoms with Gasteiger partial charge in [-0.25, -0.2) is 9.08 Å². The molecule has 0 saturated carbocycles. The molecular formula is C21H22Cl2N2O7S. The van der Waals surface area contributed by atoms with E-state index in [1.807, 2.05) is 32.9 Å². The summed E-state index contributed by atoms with van der Waals surface area (Å²) in [5.74, 6) is 0.575. The van der Waals surface area contributed by atoms with Crippen molar-refractivity contribution in [1.29, 1.82) is 0 Å². The number of aryl methyl sites for hydroxylation is 1. The number of nitrogens with one attached hydrogen (secondary N) is 1. The number of amides is 1. The molecule has 0 unspecified atom stereocenters. The van der Waals surface area contributed by atoms with Crippen LogP contribution < -0.4 is 14.2 Å². The molecule has 0 radical (unpaired) electrons. The first-order valence-corrected chi connectivity index (χ1v) is 11.9. The van der Waals surface area contributed by atoms with E-state index in [1.54, 1.807) is 0 Å². The van der Waals surface area contributed by atoms with E-state index in [1.165, 1.54) is 24.4 Å². The van der Waals surface area contributed by atoms with Crippen molar-refractivity contribution in [2.45, 2.75) is 39.2 Å². The van der Waals surface area contributed by atoms with Crippen LogP contribution in [0.5, 0.6) is 11.5 Å². The predicted molar refractivity (Wildman–Crippen MR) is 125 cm³/mol. The van der Waals surface area contributed by atoms with Crippen LogP contribution >= 0.6 is 23.2 Å². The molecule has 1 aliphatic heterocycles. The zero-order valence-electron chi connectivity index (χ0n) is 18.1. The number of halogens is 2. The van der Waals surface area contributed by atoms with Gasteiger partial charge in [-0.05, 0) is 63.4 Å². The summed E-state index contributed by atoms with van der Waals surface area (Å²) in [5.41, 5.74) is 1.61. The van der Waals surface area contributed by atoms with Gasteiger partial charge < -0.3 is 13.7 Å². The zero-order valence-corrected chi connectivity index (χ0v) is 20.4. The van der Waals surface area contributed by atoms with Crippen molar-refractivity contribution in [2.24, 2.45) is 5.16 Å². The molecule has 0 bridgehead atoms. The number of cyclic esters (lactones) is 1. The Hall–Kier alpha value is -2.69. The summed E-state index contributed by atoms with van der Waals surface area (Å²) in [5, 5.41) is 6.53. The standard InChI is InChI=1S/C21H22Cl2N2O7S/c1-13-10-15(11-16-19(13)25-20(26)30-21(16,2)3)29-9-5-4-8-24-32-33(27,28)31-14-6-7-17(22)18(23)12-14/h6-8,10-12H,4-5,9H2,1-3H3,(H,25,26). The minimum atomic E-state index is -4.40. The maximum Gasteiger partial charge on any atom is 0.521 e. The first-order chi connectivity index (χ1) is 15.5. The number of carbonyl (C=O) groups excluding carboxylic acids is 1. The Bertz CT molecular complexity index is 1180. The lowest BCUT2D eigenvalue weighted by molar-refractivity contribution is 0.0417. The zero-order chi connectivity index (χ0) is 24.2. The van der Waals surface area contributed by atoms with Gasteiger partial charge in [0.05, 0.1) is 22.3 Å². The first kappa shape index (κ1) is 24.9. The molecule has 2 aromatic rings. The number of benzene rings is 2. The van der Waals surface area contributed by atoms with Gasteiger partial charge in [0.25, 0.3) is 0 Å². The Kier molecular flexibility index (Phi) is 7.61. The lowest BCUT2D eigenvalue weighted by Gasteiger charge is -2.33. The molecule has 1 aliphatic rings. The molecule has 1 heterocycles. The van der Waals surface area contributed by atoms with E-state index >= 15 is 0 Å². The van der Waals surface area contributed by atoms with E-state index in [9.17, 15) is 13.2 Å². The molecule has 1 N–H and O–H groups in total. The Balaban J connectivity index is 1.46. The molecule has 178 valence electrons. The summed E-state index contributed by atoms with van der Waals surface area (Å²) in [6.45, 7) is 5.84. The number of carbonyl (C=O) groups is 1. The van der Waals surface area contributed by atoms with Gasteiger partial charge in [-0.3, -0.25) is 5.32 Å². The highest BCUT2D eigenvalue weighted by atomic mass is 35.5. The highest BCUT2D eigenvalue weighted by Crippen LogP contribution is 2.40. The third kappa shape index (κ3) is 6.66. The molecule has 1 amide bonds. The van der Waals surface area contributed by atoms with Gasteiger partial charge in [0.2, 0.25) is 0 Å². The molecule has 0 aliphatic carbocycles. The second-order valence-corrected chi connectivity index (χ2v) is 9.55. The van der Waals surface area contributed by atoms with Crippen molar-refractivity contribution in [1.82, 2.24) is 0 Å². The monoisotopic (exact) mass is 516 g/mol. The third-order valence-electron chi connectivity index (χ3n) is 4.58. The number of nitrogens with zero attached hydrogens (tertiary/aromatic N) is 1. The number of unbranched alkanes of at least 4 members (excludes halogenated alkanes) is 1. The fourth-order valence-corrected chi connectivity index (χ4v) is 3.88. The van der Waals surface area contributed by atoms with E-state index in [0.29, 0.717) is 25.2 Å². The highest BCUT2D eigenvalue weighted by molar-refractivity contribution is 7.82. The van der Waals surface area contributed by atoms with E-state index in [-0.39, 0.29) is 15.8 Å².